The number of fused-ring (bicyclic) bond motifs is 1. The number of likely N-dealkylation sites (N-methyl/N-ethyl adjacent to an activating group) is 1. The minimum atomic E-state index is -0.808. The van der Waals surface area contributed by atoms with Crippen LogP contribution in [0.3, 0.4) is 0 Å². The summed E-state index contributed by atoms with van der Waals surface area (Å²) >= 11 is 0. The van der Waals surface area contributed by atoms with Gasteiger partial charge >= 0.3 is 5.97 Å². The molecule has 0 radical (unpaired) electrons. The molecule has 0 aliphatic heterocycles. The van der Waals surface area contributed by atoms with Gasteiger partial charge in [-0.05, 0) is 43.0 Å². The van der Waals surface area contributed by atoms with E-state index in [9.17, 15) is 4.79 Å². The van der Waals surface area contributed by atoms with E-state index >= 15 is 0 Å². The van der Waals surface area contributed by atoms with Crippen molar-refractivity contribution in [2.24, 2.45) is 0 Å². The van der Waals surface area contributed by atoms with Gasteiger partial charge in [0.2, 0.25) is 0 Å². The predicted molar refractivity (Wildman–Crippen MR) is 58.4 cm³/mol. The standard InChI is InChI=1S/C12H15NO2/c1-13-7-8-5-6-10-9(8)3-2-4-11(10)12(14)15/h2-4,8,13H,5-7H2,1H3,(H,14,15). The number of carboxylic acid groups (broad SMARTS) is 1. The number of rotatable bonds is 3. The zero-order chi connectivity index (χ0) is 10.8. The molecule has 1 aliphatic rings. The Hall–Kier alpha value is -1.35. The fourth-order valence-electron chi connectivity index (χ4n) is 2.40. The van der Waals surface area contributed by atoms with Crippen molar-refractivity contribution < 1.29 is 9.90 Å². The lowest BCUT2D eigenvalue weighted by molar-refractivity contribution is 0.0696. The largest absolute Gasteiger partial charge is 0.478 e. The van der Waals surface area contributed by atoms with E-state index in [1.165, 1.54) is 5.56 Å². The summed E-state index contributed by atoms with van der Waals surface area (Å²) in [5.41, 5.74) is 2.72. The summed E-state index contributed by atoms with van der Waals surface area (Å²) in [6.45, 7) is 0.927. The highest BCUT2D eigenvalue weighted by atomic mass is 16.4. The minimum Gasteiger partial charge on any atom is -0.478 e. The van der Waals surface area contributed by atoms with Gasteiger partial charge < -0.3 is 10.4 Å². The first-order chi connectivity index (χ1) is 7.24. The van der Waals surface area contributed by atoms with Gasteiger partial charge in [0.15, 0.2) is 0 Å². The second-order valence-electron chi connectivity index (χ2n) is 3.97. The van der Waals surface area contributed by atoms with Crippen LogP contribution in [-0.4, -0.2) is 24.7 Å². The lowest BCUT2D eigenvalue weighted by Gasteiger charge is -2.10. The van der Waals surface area contributed by atoms with E-state index in [1.807, 2.05) is 13.1 Å². The third kappa shape index (κ3) is 1.75. The lowest BCUT2D eigenvalue weighted by atomic mass is 9.98. The van der Waals surface area contributed by atoms with Crippen LogP contribution in [0.25, 0.3) is 0 Å². The zero-order valence-electron chi connectivity index (χ0n) is 8.79. The fourth-order valence-corrected chi connectivity index (χ4v) is 2.40. The number of benzene rings is 1. The molecule has 2 N–H and O–H groups in total. The number of carboxylic acids is 1. The predicted octanol–water partition coefficient (Wildman–Crippen LogP) is 1.63. The summed E-state index contributed by atoms with van der Waals surface area (Å²) in [6.07, 6.45) is 1.95. The van der Waals surface area contributed by atoms with Crippen LogP contribution in [0.1, 0.15) is 33.8 Å². The maximum Gasteiger partial charge on any atom is 0.335 e. The first-order valence-corrected chi connectivity index (χ1v) is 5.23. The van der Waals surface area contributed by atoms with Gasteiger partial charge in [0.25, 0.3) is 0 Å². The van der Waals surface area contributed by atoms with Crippen molar-refractivity contribution in [1.82, 2.24) is 5.32 Å². The highest BCUT2D eigenvalue weighted by Gasteiger charge is 2.25. The van der Waals surface area contributed by atoms with Crippen LogP contribution < -0.4 is 5.32 Å². The molecule has 2 rings (SSSR count). The molecule has 0 heterocycles. The molecule has 15 heavy (non-hydrogen) atoms. The summed E-state index contributed by atoms with van der Waals surface area (Å²) in [7, 11) is 1.93. The van der Waals surface area contributed by atoms with Gasteiger partial charge in [0.05, 0.1) is 5.56 Å². The molecule has 0 aromatic heterocycles. The van der Waals surface area contributed by atoms with Crippen molar-refractivity contribution in [3.63, 3.8) is 0 Å². The molecular weight excluding hydrogens is 190 g/mol. The molecule has 0 saturated carbocycles. The van der Waals surface area contributed by atoms with Gasteiger partial charge in [-0.1, -0.05) is 12.1 Å². The van der Waals surface area contributed by atoms with E-state index in [0.29, 0.717) is 11.5 Å². The van der Waals surface area contributed by atoms with Crippen LogP contribution in [0.15, 0.2) is 18.2 Å². The smallest absolute Gasteiger partial charge is 0.335 e. The second-order valence-corrected chi connectivity index (χ2v) is 3.97. The Balaban J connectivity index is 2.39. The average Bonchev–Trinajstić information content (AvgIpc) is 2.62. The molecule has 1 aromatic rings. The fraction of sp³-hybridized carbons (Fsp3) is 0.417. The van der Waals surface area contributed by atoms with E-state index in [4.69, 9.17) is 5.11 Å². The molecular formula is C12H15NO2. The third-order valence-electron chi connectivity index (χ3n) is 3.08. The molecule has 1 aromatic carbocycles. The summed E-state index contributed by atoms with van der Waals surface area (Å²) < 4.78 is 0. The van der Waals surface area contributed by atoms with E-state index in [0.717, 1.165) is 24.9 Å². The van der Waals surface area contributed by atoms with E-state index in [1.54, 1.807) is 6.07 Å². The first-order valence-electron chi connectivity index (χ1n) is 5.23. The lowest BCUT2D eigenvalue weighted by Crippen LogP contribution is -2.15. The van der Waals surface area contributed by atoms with Gasteiger partial charge in [0.1, 0.15) is 0 Å². The van der Waals surface area contributed by atoms with Gasteiger partial charge in [-0.25, -0.2) is 4.79 Å². The number of hydrogen-bond donors (Lipinski definition) is 2. The number of nitrogens with one attached hydrogen (secondary N) is 1. The minimum absolute atomic E-state index is 0.476. The Morgan fingerprint density at radius 1 is 1.60 bits per heavy atom. The Morgan fingerprint density at radius 2 is 2.40 bits per heavy atom. The van der Waals surface area contributed by atoms with Crippen molar-refractivity contribution in [3.8, 4) is 0 Å². The van der Waals surface area contributed by atoms with Crippen molar-refractivity contribution in [2.45, 2.75) is 18.8 Å². The van der Waals surface area contributed by atoms with E-state index in [-0.39, 0.29) is 0 Å². The summed E-state index contributed by atoms with van der Waals surface area (Å²) in [4.78, 5) is 11.0. The van der Waals surface area contributed by atoms with Crippen LogP contribution in [0, 0.1) is 0 Å². The summed E-state index contributed by atoms with van der Waals surface area (Å²) in [5, 5.41) is 12.2. The van der Waals surface area contributed by atoms with Gasteiger partial charge in [-0.15, -0.1) is 0 Å². The van der Waals surface area contributed by atoms with Crippen LogP contribution in [0.5, 0.6) is 0 Å². The average molecular weight is 205 g/mol. The normalized spacial score (nSPS) is 18.9. The van der Waals surface area contributed by atoms with Crippen molar-refractivity contribution in [3.05, 3.63) is 34.9 Å². The molecule has 80 valence electrons. The SMILES string of the molecule is CNCC1CCc2c(C(=O)O)cccc21. The van der Waals surface area contributed by atoms with Gasteiger partial charge in [0, 0.05) is 6.54 Å². The molecule has 0 bridgehead atoms. The summed E-state index contributed by atoms with van der Waals surface area (Å²) in [5.74, 6) is -0.332. The van der Waals surface area contributed by atoms with Gasteiger partial charge in [-0.2, -0.15) is 0 Å². The molecule has 0 spiro atoms. The van der Waals surface area contributed by atoms with Crippen molar-refractivity contribution in [2.75, 3.05) is 13.6 Å². The van der Waals surface area contributed by atoms with E-state index < -0.39 is 5.97 Å². The second kappa shape index (κ2) is 4.03. The first kappa shape index (κ1) is 10.2. The number of carbonyl (C=O) groups is 1. The molecule has 3 heteroatoms. The van der Waals surface area contributed by atoms with Crippen LogP contribution >= 0.6 is 0 Å². The molecule has 1 unspecified atom stereocenters. The highest BCUT2D eigenvalue weighted by molar-refractivity contribution is 5.90. The third-order valence-corrected chi connectivity index (χ3v) is 3.08. The molecule has 1 atom stereocenters. The van der Waals surface area contributed by atoms with E-state index in [2.05, 4.69) is 11.4 Å². The van der Waals surface area contributed by atoms with Crippen LogP contribution in [0.4, 0.5) is 0 Å². The molecule has 0 fully saturated rings. The monoisotopic (exact) mass is 205 g/mol. The highest BCUT2D eigenvalue weighted by Crippen LogP contribution is 2.34. The Morgan fingerprint density at radius 3 is 3.07 bits per heavy atom. The molecule has 3 nitrogen and oxygen atoms in total. The zero-order valence-corrected chi connectivity index (χ0v) is 8.79. The number of aromatic carboxylic acids is 1. The molecule has 0 saturated heterocycles. The van der Waals surface area contributed by atoms with Crippen molar-refractivity contribution >= 4 is 5.97 Å². The molecule has 0 amide bonds. The Kier molecular flexibility index (Phi) is 2.73. The number of hydrogen-bond acceptors (Lipinski definition) is 2. The quantitative estimate of drug-likeness (QED) is 0.788. The Labute approximate surface area is 89.1 Å². The topological polar surface area (TPSA) is 49.3 Å². The van der Waals surface area contributed by atoms with Crippen LogP contribution in [0.2, 0.25) is 0 Å². The summed E-state index contributed by atoms with van der Waals surface area (Å²) in [6, 6.07) is 5.59. The van der Waals surface area contributed by atoms with Gasteiger partial charge in [-0.3, -0.25) is 0 Å². The van der Waals surface area contributed by atoms with Crippen molar-refractivity contribution in [1.29, 1.82) is 0 Å². The maximum atomic E-state index is 11.0. The maximum absolute atomic E-state index is 11.0. The van der Waals surface area contributed by atoms with Crippen LogP contribution in [-0.2, 0) is 6.42 Å². The molecule has 1 aliphatic carbocycles. The Bertz CT molecular complexity index is 387.